The van der Waals surface area contributed by atoms with E-state index in [0.29, 0.717) is 5.92 Å². The number of hydrogen-bond donors (Lipinski definition) is 2. The van der Waals surface area contributed by atoms with E-state index in [9.17, 15) is 5.11 Å². The summed E-state index contributed by atoms with van der Waals surface area (Å²) < 4.78 is 0. The lowest BCUT2D eigenvalue weighted by Gasteiger charge is -2.34. The van der Waals surface area contributed by atoms with Gasteiger partial charge in [-0.15, -0.1) is 0 Å². The summed E-state index contributed by atoms with van der Waals surface area (Å²) in [6.45, 7) is 6.98. The van der Waals surface area contributed by atoms with Crippen LogP contribution in [0.5, 0.6) is 0 Å². The van der Waals surface area contributed by atoms with Crippen LogP contribution in [0, 0.1) is 22.7 Å². The molecular weight excluding hydrogens is 322 g/mol. The zero-order valence-electron chi connectivity index (χ0n) is 14.7. The van der Waals surface area contributed by atoms with Gasteiger partial charge in [-0.05, 0) is 63.6 Å². The van der Waals surface area contributed by atoms with Crippen molar-refractivity contribution in [2.75, 3.05) is 36.5 Å². The number of piperidine rings is 1. The van der Waals surface area contributed by atoms with E-state index in [2.05, 4.69) is 22.4 Å². The number of aliphatic hydroxyl groups excluding tert-OH is 1. The molecule has 2 N–H and O–H groups in total. The number of hydrogen-bond acceptors (Lipinski definition) is 4. The van der Waals surface area contributed by atoms with E-state index >= 15 is 0 Å². The fraction of sp³-hybridized carbons (Fsp3) is 0.632. The van der Waals surface area contributed by atoms with Gasteiger partial charge in [0.1, 0.15) is 0 Å². The maximum atomic E-state index is 9.30. The minimum absolute atomic E-state index is 0.273. The molecule has 1 aliphatic heterocycles. The Morgan fingerprint density at radius 2 is 2.08 bits per heavy atom. The van der Waals surface area contributed by atoms with Crippen molar-refractivity contribution in [3.8, 4) is 6.07 Å². The van der Waals surface area contributed by atoms with Gasteiger partial charge in [0.25, 0.3) is 0 Å². The molecule has 0 radical (unpaired) electrons. The molecule has 1 aromatic carbocycles. The Bertz CT molecular complexity index is 574. The number of nitriles is 1. The average Bonchev–Trinajstić information content (AvgIpc) is 2.59. The second-order valence-corrected chi connectivity index (χ2v) is 7.74. The second-order valence-electron chi connectivity index (χ2n) is 7.30. The molecule has 0 spiro atoms. The van der Waals surface area contributed by atoms with Crippen molar-refractivity contribution in [3.63, 3.8) is 0 Å². The molecule has 4 nitrogen and oxygen atoms in total. The quantitative estimate of drug-likeness (QED) is 0.721. The molecule has 1 aromatic rings. The van der Waals surface area contributed by atoms with Crippen molar-refractivity contribution in [1.82, 2.24) is 0 Å². The van der Waals surface area contributed by atoms with E-state index in [1.54, 1.807) is 0 Å². The molecule has 5 heteroatoms. The first-order valence-electron chi connectivity index (χ1n) is 8.75. The molecule has 0 atom stereocenters. The van der Waals surface area contributed by atoms with E-state index in [1.165, 1.54) is 5.69 Å². The highest BCUT2D eigenvalue weighted by Crippen LogP contribution is 2.32. The smallest absolute Gasteiger partial charge is 0.0683 e. The molecule has 1 aliphatic rings. The standard InChI is InChI=1S/C19H28ClN3O/c1-19(2,14-21)8-3-9-22-17-12-16(20)4-5-18(17)23-10-6-15(13-24)7-11-23/h4-5,12,15,22,24H,3,6-11,13H2,1-2H3. The highest BCUT2D eigenvalue weighted by molar-refractivity contribution is 6.31. The van der Waals surface area contributed by atoms with Gasteiger partial charge >= 0.3 is 0 Å². The summed E-state index contributed by atoms with van der Waals surface area (Å²) in [5.41, 5.74) is 1.96. The van der Waals surface area contributed by atoms with Crippen LogP contribution in [0.3, 0.4) is 0 Å². The average molecular weight is 350 g/mol. The topological polar surface area (TPSA) is 59.3 Å². The molecule has 0 bridgehead atoms. The summed E-state index contributed by atoms with van der Waals surface area (Å²) in [4.78, 5) is 2.37. The summed E-state index contributed by atoms with van der Waals surface area (Å²) >= 11 is 6.17. The molecule has 0 unspecified atom stereocenters. The monoisotopic (exact) mass is 349 g/mol. The van der Waals surface area contributed by atoms with Crippen molar-refractivity contribution in [1.29, 1.82) is 5.26 Å². The van der Waals surface area contributed by atoms with Gasteiger partial charge in [-0.1, -0.05) is 11.6 Å². The summed E-state index contributed by atoms with van der Waals surface area (Å²) in [7, 11) is 0. The summed E-state index contributed by atoms with van der Waals surface area (Å²) in [5.74, 6) is 0.429. The zero-order valence-corrected chi connectivity index (χ0v) is 15.4. The summed E-state index contributed by atoms with van der Waals surface area (Å²) in [6.07, 6.45) is 3.86. The van der Waals surface area contributed by atoms with E-state index in [4.69, 9.17) is 16.9 Å². The summed E-state index contributed by atoms with van der Waals surface area (Å²) in [6, 6.07) is 8.32. The molecule has 0 amide bonds. The first-order chi connectivity index (χ1) is 11.4. The Balaban J connectivity index is 1.97. The number of halogens is 1. The maximum absolute atomic E-state index is 9.30. The maximum Gasteiger partial charge on any atom is 0.0683 e. The molecule has 0 aliphatic carbocycles. The fourth-order valence-electron chi connectivity index (χ4n) is 3.09. The van der Waals surface area contributed by atoms with Gasteiger partial charge in [0.15, 0.2) is 0 Å². The van der Waals surface area contributed by atoms with Gasteiger partial charge in [-0.25, -0.2) is 0 Å². The minimum atomic E-state index is -0.273. The lowest BCUT2D eigenvalue weighted by atomic mass is 9.90. The number of anilines is 2. The van der Waals surface area contributed by atoms with Crippen molar-refractivity contribution >= 4 is 23.0 Å². The van der Waals surface area contributed by atoms with Gasteiger partial charge in [0, 0.05) is 31.3 Å². The van der Waals surface area contributed by atoms with Crippen molar-refractivity contribution < 1.29 is 5.11 Å². The van der Waals surface area contributed by atoms with E-state index in [-0.39, 0.29) is 12.0 Å². The predicted molar refractivity (Wildman–Crippen MR) is 101 cm³/mol. The molecule has 1 fully saturated rings. The van der Waals surface area contributed by atoms with Gasteiger partial charge < -0.3 is 15.3 Å². The highest BCUT2D eigenvalue weighted by Gasteiger charge is 2.21. The van der Waals surface area contributed by atoms with Crippen LogP contribution < -0.4 is 10.2 Å². The first-order valence-corrected chi connectivity index (χ1v) is 9.13. The van der Waals surface area contributed by atoms with Gasteiger partial charge in [0.05, 0.1) is 22.9 Å². The Morgan fingerprint density at radius 3 is 2.71 bits per heavy atom. The Kier molecular flexibility index (Phi) is 6.77. The van der Waals surface area contributed by atoms with Crippen LogP contribution in [0.2, 0.25) is 5.02 Å². The van der Waals surface area contributed by atoms with E-state index < -0.39 is 0 Å². The lowest BCUT2D eigenvalue weighted by Crippen LogP contribution is -2.35. The molecule has 1 saturated heterocycles. The molecule has 1 heterocycles. The van der Waals surface area contributed by atoms with Crippen LogP contribution in [0.15, 0.2) is 18.2 Å². The van der Waals surface area contributed by atoms with E-state index in [0.717, 1.165) is 56.0 Å². The van der Waals surface area contributed by atoms with Crippen LogP contribution in [-0.4, -0.2) is 31.3 Å². The van der Waals surface area contributed by atoms with Gasteiger partial charge in [-0.2, -0.15) is 5.26 Å². The highest BCUT2D eigenvalue weighted by atomic mass is 35.5. The van der Waals surface area contributed by atoms with E-state index in [1.807, 2.05) is 26.0 Å². The van der Waals surface area contributed by atoms with Gasteiger partial charge in [-0.3, -0.25) is 0 Å². The third kappa shape index (κ3) is 5.29. The minimum Gasteiger partial charge on any atom is -0.396 e. The van der Waals surface area contributed by atoms with Crippen LogP contribution in [0.4, 0.5) is 11.4 Å². The Morgan fingerprint density at radius 1 is 1.38 bits per heavy atom. The van der Waals surface area contributed by atoms with Crippen molar-refractivity contribution in [2.24, 2.45) is 11.3 Å². The number of aliphatic hydroxyl groups is 1. The number of nitrogens with zero attached hydrogens (tertiary/aromatic N) is 2. The van der Waals surface area contributed by atoms with Crippen LogP contribution in [0.1, 0.15) is 39.5 Å². The zero-order chi connectivity index (χ0) is 17.6. The number of rotatable bonds is 7. The van der Waals surface area contributed by atoms with Crippen LogP contribution >= 0.6 is 11.6 Å². The summed E-state index contributed by atoms with van der Waals surface area (Å²) in [5, 5.41) is 22.6. The normalized spacial score (nSPS) is 16.0. The number of nitrogens with one attached hydrogen (secondary N) is 1. The van der Waals surface area contributed by atoms with Crippen molar-refractivity contribution in [3.05, 3.63) is 23.2 Å². The SMILES string of the molecule is CC(C)(C#N)CCCNc1cc(Cl)ccc1N1CCC(CO)CC1. The fourth-order valence-corrected chi connectivity index (χ4v) is 3.26. The van der Waals surface area contributed by atoms with Crippen molar-refractivity contribution in [2.45, 2.75) is 39.5 Å². The largest absolute Gasteiger partial charge is 0.396 e. The molecule has 24 heavy (non-hydrogen) atoms. The molecule has 132 valence electrons. The lowest BCUT2D eigenvalue weighted by molar-refractivity contribution is 0.203. The first kappa shape index (κ1) is 18.9. The van der Waals surface area contributed by atoms with Crippen LogP contribution in [0.25, 0.3) is 0 Å². The number of benzene rings is 1. The third-order valence-corrected chi connectivity index (χ3v) is 5.00. The Labute approximate surface area is 150 Å². The Hall–Kier alpha value is -1.44. The molecule has 0 aromatic heterocycles. The predicted octanol–water partition coefficient (Wildman–Crippen LogP) is 4.29. The third-order valence-electron chi connectivity index (χ3n) is 4.77. The second kappa shape index (κ2) is 8.60. The molecule has 0 saturated carbocycles. The molecular formula is C19H28ClN3O. The van der Waals surface area contributed by atoms with Gasteiger partial charge in [0.2, 0.25) is 0 Å². The van der Waals surface area contributed by atoms with Crippen LogP contribution in [-0.2, 0) is 0 Å². The molecule has 2 rings (SSSR count).